The predicted octanol–water partition coefficient (Wildman–Crippen LogP) is 0.847. The van der Waals surface area contributed by atoms with Crippen LogP contribution in [-0.4, -0.2) is 22.7 Å². The quantitative estimate of drug-likeness (QED) is 0.665. The molecule has 14 heavy (non-hydrogen) atoms. The van der Waals surface area contributed by atoms with E-state index in [2.05, 4.69) is 10.3 Å². The summed E-state index contributed by atoms with van der Waals surface area (Å²) >= 11 is 0. The fraction of sp³-hybridized carbons (Fsp3) is 0.500. The molecule has 4 heteroatoms. The SMILES string of the molecule is Nc1cccnc1NCC1CC(O)C1. The summed E-state index contributed by atoms with van der Waals surface area (Å²) in [5.41, 5.74) is 6.39. The number of hydrogen-bond donors (Lipinski definition) is 3. The minimum atomic E-state index is -0.0946. The summed E-state index contributed by atoms with van der Waals surface area (Å²) in [5, 5.41) is 12.3. The number of nitrogens with one attached hydrogen (secondary N) is 1. The summed E-state index contributed by atoms with van der Waals surface area (Å²) < 4.78 is 0. The van der Waals surface area contributed by atoms with Crippen LogP contribution in [0, 0.1) is 5.92 Å². The van der Waals surface area contributed by atoms with E-state index in [-0.39, 0.29) is 6.10 Å². The first-order chi connectivity index (χ1) is 6.75. The van der Waals surface area contributed by atoms with Gasteiger partial charge in [-0.3, -0.25) is 0 Å². The summed E-state index contributed by atoms with van der Waals surface area (Å²) in [6.07, 6.45) is 3.40. The van der Waals surface area contributed by atoms with Crippen LogP contribution in [0.4, 0.5) is 11.5 Å². The van der Waals surface area contributed by atoms with Crippen LogP contribution in [0.5, 0.6) is 0 Å². The maximum Gasteiger partial charge on any atom is 0.149 e. The van der Waals surface area contributed by atoms with Crippen molar-refractivity contribution in [2.24, 2.45) is 5.92 Å². The minimum absolute atomic E-state index is 0.0946. The third-order valence-corrected chi connectivity index (χ3v) is 2.61. The molecule has 0 bridgehead atoms. The Morgan fingerprint density at radius 1 is 1.57 bits per heavy atom. The van der Waals surface area contributed by atoms with Gasteiger partial charge in [-0.25, -0.2) is 4.98 Å². The number of hydrogen-bond acceptors (Lipinski definition) is 4. The lowest BCUT2D eigenvalue weighted by molar-refractivity contribution is 0.0486. The highest BCUT2D eigenvalue weighted by atomic mass is 16.3. The lowest BCUT2D eigenvalue weighted by atomic mass is 9.82. The number of nitrogen functional groups attached to an aromatic ring is 1. The average molecular weight is 193 g/mol. The summed E-state index contributed by atoms with van der Waals surface area (Å²) in [7, 11) is 0. The van der Waals surface area contributed by atoms with E-state index >= 15 is 0 Å². The highest BCUT2D eigenvalue weighted by Crippen LogP contribution is 2.27. The molecule has 76 valence electrons. The van der Waals surface area contributed by atoms with Gasteiger partial charge < -0.3 is 16.2 Å². The molecule has 0 saturated heterocycles. The molecule has 1 fully saturated rings. The van der Waals surface area contributed by atoms with Crippen LogP contribution in [0.25, 0.3) is 0 Å². The van der Waals surface area contributed by atoms with Gasteiger partial charge in [0.15, 0.2) is 0 Å². The molecule has 0 aliphatic heterocycles. The third kappa shape index (κ3) is 1.96. The lowest BCUT2D eigenvalue weighted by Crippen LogP contribution is -2.33. The van der Waals surface area contributed by atoms with Gasteiger partial charge in [0, 0.05) is 12.7 Å². The predicted molar refractivity (Wildman–Crippen MR) is 55.9 cm³/mol. The maximum atomic E-state index is 9.10. The van der Waals surface area contributed by atoms with Crippen LogP contribution in [-0.2, 0) is 0 Å². The summed E-state index contributed by atoms with van der Waals surface area (Å²) in [5.74, 6) is 1.31. The van der Waals surface area contributed by atoms with Gasteiger partial charge in [-0.2, -0.15) is 0 Å². The number of anilines is 2. The zero-order valence-electron chi connectivity index (χ0n) is 7.98. The van der Waals surface area contributed by atoms with Crippen molar-refractivity contribution in [2.45, 2.75) is 18.9 Å². The minimum Gasteiger partial charge on any atom is -0.396 e. The Labute approximate surface area is 83.2 Å². The normalized spacial score (nSPS) is 25.5. The molecule has 0 aromatic carbocycles. The van der Waals surface area contributed by atoms with Gasteiger partial charge in [-0.1, -0.05) is 0 Å². The van der Waals surface area contributed by atoms with Crippen LogP contribution in [0.3, 0.4) is 0 Å². The van der Waals surface area contributed by atoms with Gasteiger partial charge in [0.1, 0.15) is 5.82 Å². The largest absolute Gasteiger partial charge is 0.396 e. The van der Waals surface area contributed by atoms with E-state index in [1.165, 1.54) is 0 Å². The summed E-state index contributed by atoms with van der Waals surface area (Å²) in [6, 6.07) is 3.64. The average Bonchev–Trinajstić information content (AvgIpc) is 2.13. The highest BCUT2D eigenvalue weighted by molar-refractivity contribution is 5.60. The molecule has 0 amide bonds. The summed E-state index contributed by atoms with van der Waals surface area (Å²) in [4.78, 5) is 4.13. The first kappa shape index (κ1) is 9.27. The zero-order valence-corrected chi connectivity index (χ0v) is 7.98. The fourth-order valence-corrected chi connectivity index (χ4v) is 1.67. The van der Waals surface area contributed by atoms with Crippen molar-refractivity contribution < 1.29 is 5.11 Å². The smallest absolute Gasteiger partial charge is 0.149 e. The second kappa shape index (κ2) is 3.84. The Morgan fingerprint density at radius 2 is 2.36 bits per heavy atom. The van der Waals surface area contributed by atoms with Crippen molar-refractivity contribution in [3.05, 3.63) is 18.3 Å². The fourth-order valence-electron chi connectivity index (χ4n) is 1.67. The number of aromatic nitrogens is 1. The third-order valence-electron chi connectivity index (χ3n) is 2.61. The van der Waals surface area contributed by atoms with Crippen LogP contribution < -0.4 is 11.1 Å². The van der Waals surface area contributed by atoms with Crippen molar-refractivity contribution in [3.8, 4) is 0 Å². The number of nitrogens with two attached hydrogens (primary N) is 1. The molecule has 4 N–H and O–H groups in total. The molecule has 1 aromatic rings. The number of pyridine rings is 1. The molecular formula is C10H15N3O. The maximum absolute atomic E-state index is 9.10. The van der Waals surface area contributed by atoms with Gasteiger partial charge in [0.05, 0.1) is 11.8 Å². The monoisotopic (exact) mass is 193 g/mol. The molecule has 2 rings (SSSR count). The second-order valence-electron chi connectivity index (χ2n) is 3.81. The van der Waals surface area contributed by atoms with Gasteiger partial charge in [0.2, 0.25) is 0 Å². The number of aliphatic hydroxyl groups excluding tert-OH is 1. The molecule has 1 saturated carbocycles. The van der Waals surface area contributed by atoms with E-state index in [1.54, 1.807) is 6.20 Å². The van der Waals surface area contributed by atoms with Gasteiger partial charge >= 0.3 is 0 Å². The van der Waals surface area contributed by atoms with Gasteiger partial charge in [0.25, 0.3) is 0 Å². The molecule has 0 spiro atoms. The molecule has 1 heterocycles. The number of aliphatic hydroxyl groups is 1. The van der Waals surface area contributed by atoms with Crippen molar-refractivity contribution in [1.29, 1.82) is 0 Å². The van der Waals surface area contributed by atoms with E-state index in [0.717, 1.165) is 25.2 Å². The van der Waals surface area contributed by atoms with Crippen LogP contribution in [0.2, 0.25) is 0 Å². The van der Waals surface area contributed by atoms with E-state index in [0.29, 0.717) is 11.6 Å². The Bertz CT molecular complexity index is 310. The van der Waals surface area contributed by atoms with Crippen molar-refractivity contribution in [3.63, 3.8) is 0 Å². The molecule has 4 nitrogen and oxygen atoms in total. The molecule has 0 radical (unpaired) electrons. The first-order valence-electron chi connectivity index (χ1n) is 4.88. The van der Waals surface area contributed by atoms with Crippen LogP contribution >= 0.6 is 0 Å². The van der Waals surface area contributed by atoms with E-state index in [1.807, 2.05) is 12.1 Å². The van der Waals surface area contributed by atoms with Crippen molar-refractivity contribution >= 4 is 11.5 Å². The Balaban J connectivity index is 1.83. The number of rotatable bonds is 3. The van der Waals surface area contributed by atoms with E-state index in [4.69, 9.17) is 10.8 Å². The lowest BCUT2D eigenvalue weighted by Gasteiger charge is -2.31. The Kier molecular flexibility index (Phi) is 2.54. The van der Waals surface area contributed by atoms with Crippen LogP contribution in [0.1, 0.15) is 12.8 Å². The standard InChI is InChI=1S/C10H15N3O/c11-9-2-1-3-12-10(9)13-6-7-4-8(14)5-7/h1-3,7-8,14H,4-6,11H2,(H,12,13). The van der Waals surface area contributed by atoms with Gasteiger partial charge in [-0.15, -0.1) is 0 Å². The Hall–Kier alpha value is -1.29. The molecular weight excluding hydrogens is 178 g/mol. The summed E-state index contributed by atoms with van der Waals surface area (Å²) in [6.45, 7) is 0.846. The molecule has 1 aliphatic carbocycles. The Morgan fingerprint density at radius 3 is 3.00 bits per heavy atom. The van der Waals surface area contributed by atoms with Crippen molar-refractivity contribution in [2.75, 3.05) is 17.6 Å². The van der Waals surface area contributed by atoms with E-state index < -0.39 is 0 Å². The molecule has 0 unspecified atom stereocenters. The van der Waals surface area contributed by atoms with E-state index in [9.17, 15) is 0 Å². The molecule has 1 aromatic heterocycles. The first-order valence-corrected chi connectivity index (χ1v) is 4.88. The highest BCUT2D eigenvalue weighted by Gasteiger charge is 2.26. The topological polar surface area (TPSA) is 71.2 Å². The molecule has 0 atom stereocenters. The second-order valence-corrected chi connectivity index (χ2v) is 3.81. The van der Waals surface area contributed by atoms with Crippen LogP contribution in [0.15, 0.2) is 18.3 Å². The number of nitrogens with zero attached hydrogens (tertiary/aromatic N) is 1. The zero-order chi connectivity index (χ0) is 9.97. The van der Waals surface area contributed by atoms with Gasteiger partial charge in [-0.05, 0) is 30.9 Å². The molecule has 1 aliphatic rings. The van der Waals surface area contributed by atoms with Crippen molar-refractivity contribution in [1.82, 2.24) is 4.98 Å².